The Kier molecular flexibility index (Phi) is 4.31. The van der Waals surface area contributed by atoms with E-state index in [9.17, 15) is 0 Å². The third-order valence-corrected chi connectivity index (χ3v) is 3.15. The molecular weight excluding hydrogens is 212 g/mol. The van der Waals surface area contributed by atoms with E-state index in [1.807, 2.05) is 0 Å². The van der Waals surface area contributed by atoms with E-state index < -0.39 is 0 Å². The van der Waals surface area contributed by atoms with E-state index in [2.05, 4.69) is 40.1 Å². The SMILES string of the molecule is CCc1cc(N2CCCNCC2)nc(CC)n1. The Hall–Kier alpha value is -1.16. The molecular formula is C13H22N4. The van der Waals surface area contributed by atoms with Crippen LogP contribution < -0.4 is 10.2 Å². The lowest BCUT2D eigenvalue weighted by atomic mass is 10.3. The molecule has 0 bridgehead atoms. The second-order valence-corrected chi connectivity index (χ2v) is 4.43. The van der Waals surface area contributed by atoms with Gasteiger partial charge in [-0.3, -0.25) is 0 Å². The summed E-state index contributed by atoms with van der Waals surface area (Å²) >= 11 is 0. The zero-order chi connectivity index (χ0) is 12.1. The Labute approximate surface area is 103 Å². The first-order chi connectivity index (χ1) is 8.33. The number of rotatable bonds is 3. The van der Waals surface area contributed by atoms with Crippen molar-refractivity contribution in [3.05, 3.63) is 17.6 Å². The summed E-state index contributed by atoms with van der Waals surface area (Å²) < 4.78 is 0. The van der Waals surface area contributed by atoms with Gasteiger partial charge < -0.3 is 10.2 Å². The minimum absolute atomic E-state index is 0.910. The van der Waals surface area contributed by atoms with Crippen molar-refractivity contribution in [2.45, 2.75) is 33.1 Å². The Balaban J connectivity index is 2.22. The zero-order valence-corrected chi connectivity index (χ0v) is 10.9. The monoisotopic (exact) mass is 234 g/mol. The van der Waals surface area contributed by atoms with Gasteiger partial charge in [-0.05, 0) is 19.4 Å². The molecule has 0 aliphatic carbocycles. The average Bonchev–Trinajstić information content (AvgIpc) is 2.67. The summed E-state index contributed by atoms with van der Waals surface area (Å²) in [4.78, 5) is 11.6. The quantitative estimate of drug-likeness (QED) is 0.858. The third kappa shape index (κ3) is 3.16. The van der Waals surface area contributed by atoms with Crippen LogP contribution in [0, 0.1) is 0 Å². The number of aromatic nitrogens is 2. The summed E-state index contributed by atoms with van der Waals surface area (Å²) in [6, 6.07) is 2.14. The Morgan fingerprint density at radius 3 is 2.82 bits per heavy atom. The first-order valence-electron chi connectivity index (χ1n) is 6.66. The topological polar surface area (TPSA) is 41.0 Å². The summed E-state index contributed by atoms with van der Waals surface area (Å²) in [6.45, 7) is 8.56. The molecule has 1 saturated heterocycles. The Morgan fingerprint density at radius 2 is 2.06 bits per heavy atom. The maximum absolute atomic E-state index is 4.65. The number of aryl methyl sites for hydroxylation is 2. The lowest BCUT2D eigenvalue weighted by Crippen LogP contribution is -2.29. The van der Waals surface area contributed by atoms with Crippen LogP contribution in [0.2, 0.25) is 0 Å². The first-order valence-corrected chi connectivity index (χ1v) is 6.66. The Morgan fingerprint density at radius 1 is 1.18 bits per heavy atom. The average molecular weight is 234 g/mol. The van der Waals surface area contributed by atoms with Gasteiger partial charge in [-0.2, -0.15) is 0 Å². The van der Waals surface area contributed by atoms with Gasteiger partial charge in [0.25, 0.3) is 0 Å². The predicted octanol–water partition coefficient (Wildman–Crippen LogP) is 1.40. The summed E-state index contributed by atoms with van der Waals surface area (Å²) in [5.41, 5.74) is 1.16. The summed E-state index contributed by atoms with van der Waals surface area (Å²) in [6.07, 6.45) is 3.08. The molecule has 4 heteroatoms. The number of nitrogens with one attached hydrogen (secondary N) is 1. The van der Waals surface area contributed by atoms with Gasteiger partial charge in [-0.1, -0.05) is 13.8 Å². The molecule has 1 aromatic rings. The maximum Gasteiger partial charge on any atom is 0.132 e. The highest BCUT2D eigenvalue weighted by Crippen LogP contribution is 2.14. The second-order valence-electron chi connectivity index (χ2n) is 4.43. The first kappa shape index (κ1) is 12.3. The van der Waals surface area contributed by atoms with E-state index >= 15 is 0 Å². The van der Waals surface area contributed by atoms with Crippen LogP contribution in [-0.4, -0.2) is 36.1 Å². The van der Waals surface area contributed by atoms with Gasteiger partial charge in [-0.15, -0.1) is 0 Å². The second kappa shape index (κ2) is 5.96. The van der Waals surface area contributed by atoms with Crippen LogP contribution in [0.25, 0.3) is 0 Å². The molecule has 0 saturated carbocycles. The molecule has 0 spiro atoms. The molecule has 0 aromatic carbocycles. The molecule has 0 unspecified atom stereocenters. The largest absolute Gasteiger partial charge is 0.355 e. The normalized spacial score (nSPS) is 16.9. The van der Waals surface area contributed by atoms with Crippen molar-refractivity contribution < 1.29 is 0 Å². The van der Waals surface area contributed by atoms with E-state index in [0.717, 1.165) is 56.4 Å². The molecule has 1 fully saturated rings. The molecule has 1 aromatic heterocycles. The molecule has 2 heterocycles. The van der Waals surface area contributed by atoms with Crippen molar-refractivity contribution in [2.75, 3.05) is 31.1 Å². The molecule has 0 radical (unpaired) electrons. The van der Waals surface area contributed by atoms with Crippen LogP contribution in [0.4, 0.5) is 5.82 Å². The smallest absolute Gasteiger partial charge is 0.132 e. The molecule has 0 atom stereocenters. The van der Waals surface area contributed by atoms with E-state index in [1.165, 1.54) is 6.42 Å². The van der Waals surface area contributed by atoms with Gasteiger partial charge in [-0.25, -0.2) is 9.97 Å². The van der Waals surface area contributed by atoms with Crippen LogP contribution in [0.5, 0.6) is 0 Å². The fourth-order valence-electron chi connectivity index (χ4n) is 2.11. The third-order valence-electron chi connectivity index (χ3n) is 3.15. The molecule has 1 N–H and O–H groups in total. The van der Waals surface area contributed by atoms with Gasteiger partial charge >= 0.3 is 0 Å². The van der Waals surface area contributed by atoms with Gasteiger partial charge in [0.15, 0.2) is 0 Å². The van der Waals surface area contributed by atoms with Crippen LogP contribution in [0.3, 0.4) is 0 Å². The minimum Gasteiger partial charge on any atom is -0.355 e. The zero-order valence-electron chi connectivity index (χ0n) is 10.9. The highest BCUT2D eigenvalue weighted by Gasteiger charge is 2.12. The molecule has 2 rings (SSSR count). The van der Waals surface area contributed by atoms with Crippen molar-refractivity contribution in [2.24, 2.45) is 0 Å². The van der Waals surface area contributed by atoms with E-state index in [0.29, 0.717) is 0 Å². The Bertz CT molecular complexity index is 334. The van der Waals surface area contributed by atoms with Crippen molar-refractivity contribution >= 4 is 5.82 Å². The summed E-state index contributed by atoms with van der Waals surface area (Å²) in [7, 11) is 0. The van der Waals surface area contributed by atoms with Crippen LogP contribution in [0.1, 0.15) is 31.8 Å². The fourth-order valence-corrected chi connectivity index (χ4v) is 2.11. The molecule has 1 aliphatic rings. The van der Waals surface area contributed by atoms with Crippen molar-refractivity contribution in [3.63, 3.8) is 0 Å². The van der Waals surface area contributed by atoms with E-state index in [1.54, 1.807) is 0 Å². The lowest BCUT2D eigenvalue weighted by Gasteiger charge is -2.22. The number of hydrogen-bond donors (Lipinski definition) is 1. The highest BCUT2D eigenvalue weighted by atomic mass is 15.2. The van der Waals surface area contributed by atoms with Crippen molar-refractivity contribution in [1.82, 2.24) is 15.3 Å². The fraction of sp³-hybridized carbons (Fsp3) is 0.692. The maximum atomic E-state index is 4.65. The predicted molar refractivity (Wildman–Crippen MR) is 70.5 cm³/mol. The van der Waals surface area contributed by atoms with Crippen LogP contribution in [-0.2, 0) is 12.8 Å². The summed E-state index contributed by atoms with van der Waals surface area (Å²) in [5, 5.41) is 3.42. The van der Waals surface area contributed by atoms with Gasteiger partial charge in [0, 0.05) is 37.8 Å². The minimum atomic E-state index is 0.910. The van der Waals surface area contributed by atoms with Gasteiger partial charge in [0.2, 0.25) is 0 Å². The molecule has 1 aliphatic heterocycles. The lowest BCUT2D eigenvalue weighted by molar-refractivity contribution is 0.724. The molecule has 94 valence electrons. The molecule has 0 amide bonds. The van der Waals surface area contributed by atoms with Gasteiger partial charge in [0.05, 0.1) is 0 Å². The summed E-state index contributed by atoms with van der Waals surface area (Å²) in [5.74, 6) is 2.08. The highest BCUT2D eigenvalue weighted by molar-refractivity contribution is 5.40. The molecule has 4 nitrogen and oxygen atoms in total. The van der Waals surface area contributed by atoms with E-state index in [-0.39, 0.29) is 0 Å². The van der Waals surface area contributed by atoms with Crippen LogP contribution >= 0.6 is 0 Å². The van der Waals surface area contributed by atoms with Crippen molar-refractivity contribution in [3.8, 4) is 0 Å². The van der Waals surface area contributed by atoms with E-state index in [4.69, 9.17) is 0 Å². The molecule has 17 heavy (non-hydrogen) atoms. The number of anilines is 1. The number of nitrogens with zero attached hydrogens (tertiary/aromatic N) is 3. The number of hydrogen-bond acceptors (Lipinski definition) is 4. The van der Waals surface area contributed by atoms with Crippen LogP contribution in [0.15, 0.2) is 6.07 Å². The van der Waals surface area contributed by atoms with Gasteiger partial charge in [0.1, 0.15) is 11.6 Å². The standard InChI is InChI=1S/C13H22N4/c1-3-11-10-13(16-12(4-2)15-11)17-8-5-6-14-7-9-17/h10,14H,3-9H2,1-2H3. The van der Waals surface area contributed by atoms with Crippen molar-refractivity contribution in [1.29, 1.82) is 0 Å².